The molecule has 0 spiro atoms. The first-order valence-corrected chi connectivity index (χ1v) is 9.62. The van der Waals surface area contributed by atoms with Gasteiger partial charge < -0.3 is 13.3 Å². The van der Waals surface area contributed by atoms with Crippen LogP contribution in [-0.2, 0) is 13.3 Å². The summed E-state index contributed by atoms with van der Waals surface area (Å²) >= 11 is 0. The molecule has 0 heterocycles. The van der Waals surface area contributed by atoms with Crippen LogP contribution in [0.2, 0.25) is 0 Å². The Morgan fingerprint density at radius 2 is 1.37 bits per heavy atom. The van der Waals surface area contributed by atoms with Crippen LogP contribution in [-0.4, -0.2) is 28.6 Å². The highest BCUT2D eigenvalue weighted by Crippen LogP contribution is 2.27. The van der Waals surface area contributed by atoms with Crippen molar-refractivity contribution in [2.24, 2.45) is 0 Å². The zero-order valence-electron chi connectivity index (χ0n) is 12.9. The van der Waals surface area contributed by atoms with Crippen molar-refractivity contribution in [1.29, 1.82) is 0 Å². The van der Waals surface area contributed by atoms with Crippen molar-refractivity contribution in [3.8, 4) is 0 Å². The summed E-state index contributed by atoms with van der Waals surface area (Å²) in [6.07, 6.45) is 11.1. The van der Waals surface area contributed by atoms with E-state index >= 15 is 0 Å². The summed E-state index contributed by atoms with van der Waals surface area (Å²) in [6, 6.07) is 0. The van der Waals surface area contributed by atoms with Crippen LogP contribution in [0.15, 0.2) is 11.3 Å². The highest BCUT2D eigenvalue weighted by atomic mass is 28.4. The Balaban J connectivity index is 2.89. The van der Waals surface area contributed by atoms with Crippen molar-refractivity contribution >= 4 is 8.80 Å². The number of hydrogen-bond donors (Lipinski definition) is 0. The zero-order valence-corrected chi connectivity index (χ0v) is 13.9. The monoisotopic (exact) mass is 286 g/mol. The van der Waals surface area contributed by atoms with Crippen molar-refractivity contribution in [1.82, 2.24) is 0 Å². The van der Waals surface area contributed by atoms with Gasteiger partial charge in [-0.05, 0) is 51.7 Å². The predicted molar refractivity (Wildman–Crippen MR) is 81.0 cm³/mol. The third kappa shape index (κ3) is 5.38. The maximum atomic E-state index is 6.01. The first-order chi connectivity index (χ1) is 9.29. The van der Waals surface area contributed by atoms with Crippen LogP contribution in [0.25, 0.3) is 0 Å². The normalized spacial score (nSPS) is 21.1. The molecule has 0 saturated carbocycles. The van der Waals surface area contributed by atoms with Crippen LogP contribution < -0.4 is 0 Å². The lowest BCUT2D eigenvalue weighted by atomic mass is 10.1. The topological polar surface area (TPSA) is 27.7 Å². The Morgan fingerprint density at radius 1 is 0.842 bits per heavy atom. The molecular weight excluding hydrogens is 256 g/mol. The van der Waals surface area contributed by atoms with E-state index in [-0.39, 0.29) is 0 Å². The molecule has 0 unspecified atom stereocenters. The minimum absolute atomic E-state index is 0.656. The highest BCUT2D eigenvalue weighted by molar-refractivity contribution is 6.68. The second-order valence-corrected chi connectivity index (χ2v) is 7.51. The van der Waals surface area contributed by atoms with E-state index in [1.165, 1.54) is 37.3 Å². The SMILES string of the molecule is CCO[Si](OCC)(OCC)/C1=C/CCCCCCC1. The van der Waals surface area contributed by atoms with Gasteiger partial charge in [-0.2, -0.15) is 0 Å². The predicted octanol–water partition coefficient (Wildman–Crippen LogP) is 4.24. The van der Waals surface area contributed by atoms with Crippen LogP contribution in [0, 0.1) is 0 Å². The van der Waals surface area contributed by atoms with Crippen LogP contribution >= 0.6 is 0 Å². The maximum Gasteiger partial charge on any atom is 0.532 e. The van der Waals surface area contributed by atoms with Gasteiger partial charge in [-0.25, -0.2) is 0 Å². The van der Waals surface area contributed by atoms with Crippen LogP contribution in [0.5, 0.6) is 0 Å². The Hall–Kier alpha value is -0.163. The van der Waals surface area contributed by atoms with E-state index in [1.807, 2.05) is 20.8 Å². The molecule has 1 aliphatic carbocycles. The quantitative estimate of drug-likeness (QED) is 0.655. The average molecular weight is 286 g/mol. The summed E-state index contributed by atoms with van der Waals surface area (Å²) in [7, 11) is -2.61. The molecule has 0 radical (unpaired) electrons. The zero-order chi connectivity index (χ0) is 14.0. The number of hydrogen-bond acceptors (Lipinski definition) is 3. The molecular formula is C15H30O3Si. The number of rotatable bonds is 7. The Morgan fingerprint density at radius 3 is 1.95 bits per heavy atom. The van der Waals surface area contributed by atoms with E-state index in [1.54, 1.807) is 0 Å². The van der Waals surface area contributed by atoms with E-state index in [2.05, 4.69) is 6.08 Å². The van der Waals surface area contributed by atoms with Gasteiger partial charge in [-0.15, -0.1) is 0 Å². The van der Waals surface area contributed by atoms with E-state index < -0.39 is 8.80 Å². The van der Waals surface area contributed by atoms with Gasteiger partial charge in [-0.3, -0.25) is 0 Å². The van der Waals surface area contributed by atoms with Gasteiger partial charge in [0.05, 0.1) is 0 Å². The highest BCUT2D eigenvalue weighted by Gasteiger charge is 2.44. The lowest BCUT2D eigenvalue weighted by Gasteiger charge is -2.30. The van der Waals surface area contributed by atoms with Gasteiger partial charge in [0.2, 0.25) is 0 Å². The summed E-state index contributed by atoms with van der Waals surface area (Å²) in [6.45, 7) is 8.04. The summed E-state index contributed by atoms with van der Waals surface area (Å²) < 4.78 is 18.0. The number of allylic oxidation sites excluding steroid dienone is 2. The van der Waals surface area contributed by atoms with E-state index in [4.69, 9.17) is 13.3 Å². The van der Waals surface area contributed by atoms with Crippen molar-refractivity contribution in [2.75, 3.05) is 19.8 Å². The fraction of sp³-hybridized carbons (Fsp3) is 0.867. The molecule has 0 bridgehead atoms. The van der Waals surface area contributed by atoms with E-state index in [0.29, 0.717) is 19.8 Å². The molecule has 0 aromatic rings. The molecule has 0 fully saturated rings. The molecule has 0 amide bonds. The second kappa shape index (κ2) is 9.70. The summed E-state index contributed by atoms with van der Waals surface area (Å²) in [5.74, 6) is 0. The summed E-state index contributed by atoms with van der Waals surface area (Å²) in [5.41, 5.74) is 0. The molecule has 0 aromatic carbocycles. The van der Waals surface area contributed by atoms with Crippen LogP contribution in [0.3, 0.4) is 0 Å². The molecule has 4 heteroatoms. The first-order valence-electron chi connectivity index (χ1n) is 7.90. The average Bonchev–Trinajstić information content (AvgIpc) is 2.53. The fourth-order valence-corrected chi connectivity index (χ4v) is 5.44. The molecule has 0 saturated heterocycles. The fourth-order valence-electron chi connectivity index (χ4n) is 2.62. The van der Waals surface area contributed by atoms with Gasteiger partial charge in [-0.1, -0.05) is 25.3 Å². The minimum Gasteiger partial charge on any atom is -0.370 e. The maximum absolute atomic E-state index is 6.01. The molecule has 0 N–H and O–H groups in total. The van der Waals surface area contributed by atoms with Gasteiger partial charge >= 0.3 is 8.80 Å². The molecule has 3 nitrogen and oxygen atoms in total. The largest absolute Gasteiger partial charge is 0.532 e. The molecule has 0 aliphatic heterocycles. The van der Waals surface area contributed by atoms with Crippen LogP contribution in [0.1, 0.15) is 65.7 Å². The third-order valence-corrected chi connectivity index (χ3v) is 6.68. The van der Waals surface area contributed by atoms with Crippen molar-refractivity contribution < 1.29 is 13.3 Å². The van der Waals surface area contributed by atoms with Gasteiger partial charge in [0.15, 0.2) is 0 Å². The Labute approximate surface area is 119 Å². The molecule has 0 aromatic heterocycles. The molecule has 1 aliphatic rings. The lowest BCUT2D eigenvalue weighted by molar-refractivity contribution is 0.0796. The van der Waals surface area contributed by atoms with Crippen molar-refractivity contribution in [3.05, 3.63) is 11.3 Å². The first kappa shape index (κ1) is 16.9. The smallest absolute Gasteiger partial charge is 0.370 e. The molecule has 1 rings (SSSR count). The Bertz CT molecular complexity index is 249. The van der Waals surface area contributed by atoms with Crippen LogP contribution in [0.4, 0.5) is 0 Å². The Kier molecular flexibility index (Phi) is 8.62. The standard InChI is InChI=1S/C15H30O3Si/c1-4-16-19(17-5-2,18-6-3)15-13-11-9-7-8-10-12-14-15/h13H,4-12,14H2,1-3H3/b15-13+. The van der Waals surface area contributed by atoms with E-state index in [9.17, 15) is 0 Å². The molecule has 0 atom stereocenters. The lowest BCUT2D eigenvalue weighted by Crippen LogP contribution is -2.48. The van der Waals surface area contributed by atoms with Crippen molar-refractivity contribution in [2.45, 2.75) is 65.7 Å². The van der Waals surface area contributed by atoms with E-state index in [0.717, 1.165) is 12.8 Å². The van der Waals surface area contributed by atoms with Crippen molar-refractivity contribution in [3.63, 3.8) is 0 Å². The van der Waals surface area contributed by atoms with Gasteiger partial charge in [0.25, 0.3) is 0 Å². The summed E-state index contributed by atoms with van der Waals surface area (Å²) in [4.78, 5) is 0. The second-order valence-electron chi connectivity index (χ2n) is 4.89. The summed E-state index contributed by atoms with van der Waals surface area (Å²) in [5, 5.41) is 1.32. The van der Waals surface area contributed by atoms with Gasteiger partial charge in [0.1, 0.15) is 0 Å². The van der Waals surface area contributed by atoms with Gasteiger partial charge in [0, 0.05) is 19.8 Å². The molecule has 19 heavy (non-hydrogen) atoms. The third-order valence-electron chi connectivity index (χ3n) is 3.44. The molecule has 112 valence electrons. The minimum atomic E-state index is -2.61.